The van der Waals surface area contributed by atoms with Crippen LogP contribution in [-0.2, 0) is 10.2 Å². The zero-order valence-corrected chi connectivity index (χ0v) is 15.4. The summed E-state index contributed by atoms with van der Waals surface area (Å²) in [5.41, 5.74) is 3.22. The quantitative estimate of drug-likeness (QED) is 0.755. The molecule has 0 unspecified atom stereocenters. The molecule has 0 heterocycles. The molecule has 2 N–H and O–H groups in total. The first kappa shape index (κ1) is 17.5. The maximum absolute atomic E-state index is 12.0. The van der Waals surface area contributed by atoms with Gasteiger partial charge in [0.2, 0.25) is 5.91 Å². The second-order valence-electron chi connectivity index (χ2n) is 6.56. The van der Waals surface area contributed by atoms with Gasteiger partial charge in [-0.15, -0.1) is 0 Å². The van der Waals surface area contributed by atoms with Crippen molar-refractivity contribution in [2.75, 3.05) is 17.2 Å². The SMILES string of the molecule is CC(C)(C)c1ccc(NC(=O)CCNc2cccc(Br)c2)cc1. The molecular formula is C19H23BrN2O. The van der Waals surface area contributed by atoms with Crippen molar-refractivity contribution in [1.29, 1.82) is 0 Å². The van der Waals surface area contributed by atoms with Gasteiger partial charge < -0.3 is 10.6 Å². The highest BCUT2D eigenvalue weighted by Crippen LogP contribution is 2.23. The molecule has 2 aromatic rings. The van der Waals surface area contributed by atoms with Gasteiger partial charge in [0, 0.05) is 28.8 Å². The van der Waals surface area contributed by atoms with E-state index >= 15 is 0 Å². The summed E-state index contributed by atoms with van der Waals surface area (Å²) < 4.78 is 1.02. The van der Waals surface area contributed by atoms with Gasteiger partial charge in [0.05, 0.1) is 0 Å². The van der Waals surface area contributed by atoms with Gasteiger partial charge in [-0.1, -0.05) is 54.9 Å². The molecule has 0 spiro atoms. The average molecular weight is 375 g/mol. The fraction of sp³-hybridized carbons (Fsp3) is 0.316. The van der Waals surface area contributed by atoms with E-state index in [9.17, 15) is 4.79 Å². The number of hydrogen-bond acceptors (Lipinski definition) is 2. The number of hydrogen-bond donors (Lipinski definition) is 2. The van der Waals surface area contributed by atoms with Gasteiger partial charge in [0.15, 0.2) is 0 Å². The molecule has 1 amide bonds. The fourth-order valence-electron chi connectivity index (χ4n) is 2.20. The molecule has 0 radical (unpaired) electrons. The molecule has 0 fully saturated rings. The molecule has 122 valence electrons. The Kier molecular flexibility index (Phi) is 5.83. The Morgan fingerprint density at radius 1 is 1.04 bits per heavy atom. The van der Waals surface area contributed by atoms with Crippen LogP contribution in [0.1, 0.15) is 32.8 Å². The van der Waals surface area contributed by atoms with E-state index in [0.717, 1.165) is 15.8 Å². The standard InChI is InChI=1S/C19H23BrN2O/c1-19(2,3)14-7-9-16(10-8-14)22-18(23)11-12-21-17-6-4-5-15(20)13-17/h4-10,13,21H,11-12H2,1-3H3,(H,22,23). The number of carbonyl (C=O) groups excluding carboxylic acids is 1. The Labute approximate surface area is 146 Å². The van der Waals surface area contributed by atoms with Crippen molar-refractivity contribution in [2.24, 2.45) is 0 Å². The minimum atomic E-state index is 0.0102. The molecule has 0 aliphatic rings. The number of amides is 1. The molecule has 0 aliphatic heterocycles. The van der Waals surface area contributed by atoms with E-state index in [2.05, 4.69) is 59.5 Å². The lowest BCUT2D eigenvalue weighted by Gasteiger charge is -2.19. The second kappa shape index (κ2) is 7.64. The minimum Gasteiger partial charge on any atom is -0.384 e. The van der Waals surface area contributed by atoms with Crippen molar-refractivity contribution in [2.45, 2.75) is 32.6 Å². The molecule has 0 aromatic heterocycles. The number of carbonyl (C=O) groups is 1. The van der Waals surface area contributed by atoms with Gasteiger partial charge in [-0.25, -0.2) is 0 Å². The van der Waals surface area contributed by atoms with Crippen LogP contribution in [0.4, 0.5) is 11.4 Å². The van der Waals surface area contributed by atoms with Gasteiger partial charge in [-0.05, 0) is 41.3 Å². The lowest BCUT2D eigenvalue weighted by molar-refractivity contribution is -0.115. The molecule has 0 saturated heterocycles. The normalized spacial score (nSPS) is 11.1. The second-order valence-corrected chi connectivity index (χ2v) is 7.48. The zero-order valence-electron chi connectivity index (χ0n) is 13.8. The monoisotopic (exact) mass is 374 g/mol. The molecule has 0 saturated carbocycles. The molecule has 0 atom stereocenters. The highest BCUT2D eigenvalue weighted by atomic mass is 79.9. The molecule has 0 bridgehead atoms. The first-order chi connectivity index (χ1) is 10.8. The highest BCUT2D eigenvalue weighted by Gasteiger charge is 2.13. The Bertz CT molecular complexity index is 660. The first-order valence-electron chi connectivity index (χ1n) is 7.74. The van der Waals surface area contributed by atoms with Crippen LogP contribution in [0.3, 0.4) is 0 Å². The Morgan fingerprint density at radius 3 is 2.35 bits per heavy atom. The van der Waals surface area contributed by atoms with Crippen LogP contribution in [0.25, 0.3) is 0 Å². The van der Waals surface area contributed by atoms with Crippen LogP contribution >= 0.6 is 15.9 Å². The van der Waals surface area contributed by atoms with E-state index in [1.54, 1.807) is 0 Å². The molecular weight excluding hydrogens is 352 g/mol. The number of anilines is 2. The van der Waals surface area contributed by atoms with Crippen molar-refractivity contribution in [3.05, 3.63) is 58.6 Å². The van der Waals surface area contributed by atoms with Gasteiger partial charge >= 0.3 is 0 Å². The lowest BCUT2D eigenvalue weighted by atomic mass is 9.87. The van der Waals surface area contributed by atoms with Crippen molar-refractivity contribution in [3.63, 3.8) is 0 Å². The van der Waals surface area contributed by atoms with Crippen molar-refractivity contribution in [1.82, 2.24) is 0 Å². The van der Waals surface area contributed by atoms with Gasteiger partial charge in [-0.3, -0.25) is 4.79 Å². The minimum absolute atomic E-state index is 0.0102. The third-order valence-electron chi connectivity index (χ3n) is 3.54. The Hall–Kier alpha value is -1.81. The summed E-state index contributed by atoms with van der Waals surface area (Å²) in [6.45, 7) is 7.12. The number of benzene rings is 2. The van der Waals surface area contributed by atoms with E-state index in [1.165, 1.54) is 5.56 Å². The van der Waals surface area contributed by atoms with Crippen LogP contribution in [0.2, 0.25) is 0 Å². The maximum atomic E-state index is 12.0. The molecule has 0 aliphatic carbocycles. The summed E-state index contributed by atoms with van der Waals surface area (Å²) in [6, 6.07) is 15.9. The van der Waals surface area contributed by atoms with Gasteiger partial charge in [0.25, 0.3) is 0 Å². The molecule has 2 aromatic carbocycles. The predicted octanol–water partition coefficient (Wildman–Crippen LogP) is 5.19. The third kappa shape index (κ3) is 5.71. The van der Waals surface area contributed by atoms with Crippen molar-refractivity contribution in [3.8, 4) is 0 Å². The van der Waals surface area contributed by atoms with Crippen LogP contribution in [0.5, 0.6) is 0 Å². The van der Waals surface area contributed by atoms with Crippen LogP contribution in [0.15, 0.2) is 53.0 Å². The number of halogens is 1. The van der Waals surface area contributed by atoms with Crippen molar-refractivity contribution < 1.29 is 4.79 Å². The maximum Gasteiger partial charge on any atom is 0.226 e. The summed E-state index contributed by atoms with van der Waals surface area (Å²) in [4.78, 5) is 12.0. The summed E-state index contributed by atoms with van der Waals surface area (Å²) in [6.07, 6.45) is 0.424. The van der Waals surface area contributed by atoms with Crippen LogP contribution in [-0.4, -0.2) is 12.5 Å². The largest absolute Gasteiger partial charge is 0.384 e. The van der Waals surface area contributed by atoms with Crippen LogP contribution < -0.4 is 10.6 Å². The van der Waals surface area contributed by atoms with E-state index < -0.39 is 0 Å². The summed E-state index contributed by atoms with van der Waals surface area (Å²) in [5.74, 6) is 0.0102. The summed E-state index contributed by atoms with van der Waals surface area (Å²) in [5, 5.41) is 6.17. The van der Waals surface area contributed by atoms with Gasteiger partial charge in [-0.2, -0.15) is 0 Å². The smallest absolute Gasteiger partial charge is 0.226 e. The lowest BCUT2D eigenvalue weighted by Crippen LogP contribution is -2.16. The first-order valence-corrected chi connectivity index (χ1v) is 8.54. The third-order valence-corrected chi connectivity index (χ3v) is 4.03. The summed E-state index contributed by atoms with van der Waals surface area (Å²) >= 11 is 3.43. The zero-order chi connectivity index (χ0) is 16.9. The molecule has 23 heavy (non-hydrogen) atoms. The highest BCUT2D eigenvalue weighted by molar-refractivity contribution is 9.10. The number of rotatable bonds is 5. The molecule has 4 heteroatoms. The van der Waals surface area contributed by atoms with Gasteiger partial charge in [0.1, 0.15) is 0 Å². The fourth-order valence-corrected chi connectivity index (χ4v) is 2.60. The van der Waals surface area contributed by atoms with E-state index in [-0.39, 0.29) is 11.3 Å². The predicted molar refractivity (Wildman–Crippen MR) is 101 cm³/mol. The summed E-state index contributed by atoms with van der Waals surface area (Å²) in [7, 11) is 0. The topological polar surface area (TPSA) is 41.1 Å². The Balaban J connectivity index is 1.80. The van der Waals surface area contributed by atoms with E-state index in [0.29, 0.717) is 13.0 Å². The molecule has 3 nitrogen and oxygen atoms in total. The van der Waals surface area contributed by atoms with E-state index in [4.69, 9.17) is 0 Å². The van der Waals surface area contributed by atoms with Crippen LogP contribution in [0, 0.1) is 0 Å². The van der Waals surface area contributed by atoms with Crippen molar-refractivity contribution >= 4 is 33.2 Å². The Morgan fingerprint density at radius 2 is 1.74 bits per heavy atom. The van der Waals surface area contributed by atoms with E-state index in [1.807, 2.05) is 36.4 Å². The average Bonchev–Trinajstić information content (AvgIpc) is 2.47. The number of nitrogens with one attached hydrogen (secondary N) is 2. The molecule has 2 rings (SSSR count).